The number of nitriles is 1. The van der Waals surface area contributed by atoms with Crippen LogP contribution in [0.4, 0.5) is 5.69 Å². The lowest BCUT2D eigenvalue weighted by Gasteiger charge is -2.12. The van der Waals surface area contributed by atoms with E-state index in [9.17, 15) is 10.1 Å². The molecule has 5 nitrogen and oxygen atoms in total. The average Bonchev–Trinajstić information content (AvgIpc) is 2.79. The van der Waals surface area contributed by atoms with Gasteiger partial charge in [0.25, 0.3) is 0 Å². The van der Waals surface area contributed by atoms with Gasteiger partial charge in [-0.2, -0.15) is 5.26 Å². The highest BCUT2D eigenvalue weighted by atomic mass is 16.5. The summed E-state index contributed by atoms with van der Waals surface area (Å²) in [6.07, 6.45) is 5.66. The van der Waals surface area contributed by atoms with E-state index >= 15 is 0 Å². The number of hydrogen-bond donors (Lipinski definition) is 0. The van der Waals surface area contributed by atoms with Gasteiger partial charge in [-0.1, -0.05) is 18.7 Å². The SMILES string of the molecule is C=C(C)C(=O)OCCCCCCOc1ccc(/C(C#N)=C/c2ccc(N(C)C)cc2)cc1. The molecular formula is C27H32N2O3. The lowest BCUT2D eigenvalue weighted by atomic mass is 10.0. The largest absolute Gasteiger partial charge is 0.494 e. The first-order chi connectivity index (χ1) is 15.4. The highest BCUT2D eigenvalue weighted by molar-refractivity contribution is 5.89. The quantitative estimate of drug-likeness (QED) is 0.138. The van der Waals surface area contributed by atoms with Gasteiger partial charge in [0.05, 0.1) is 24.9 Å². The number of rotatable bonds is 12. The normalized spacial score (nSPS) is 10.9. The van der Waals surface area contributed by atoms with Crippen molar-refractivity contribution in [3.8, 4) is 11.8 Å². The molecule has 32 heavy (non-hydrogen) atoms. The van der Waals surface area contributed by atoms with Crippen LogP contribution in [-0.4, -0.2) is 33.3 Å². The number of carbonyl (C=O) groups is 1. The van der Waals surface area contributed by atoms with E-state index in [1.165, 1.54) is 0 Å². The Hall–Kier alpha value is -3.52. The zero-order chi connectivity index (χ0) is 23.3. The van der Waals surface area contributed by atoms with Crippen LogP contribution in [0.5, 0.6) is 5.75 Å². The number of carbonyl (C=O) groups excluding carboxylic acids is 1. The fraction of sp³-hybridized carbons (Fsp3) is 0.333. The summed E-state index contributed by atoms with van der Waals surface area (Å²) in [6.45, 7) is 6.27. The molecule has 0 saturated heterocycles. The van der Waals surface area contributed by atoms with Crippen molar-refractivity contribution in [3.05, 3.63) is 71.8 Å². The minimum absolute atomic E-state index is 0.326. The molecule has 2 aromatic rings. The Bertz CT molecular complexity index is 952. The van der Waals surface area contributed by atoms with Crippen LogP contribution >= 0.6 is 0 Å². The standard InChI is InChI=1S/C27H32N2O3/c1-21(2)27(30)32-18-8-6-5-7-17-31-26-15-11-23(12-16-26)24(20-28)19-22-9-13-25(14-10-22)29(3)4/h9-16,19H,1,5-8,17-18H2,2-4H3/b24-19+. The van der Waals surface area contributed by atoms with Crippen molar-refractivity contribution in [2.45, 2.75) is 32.6 Å². The second kappa shape index (κ2) is 13.0. The molecule has 0 heterocycles. The number of esters is 1. The third kappa shape index (κ3) is 8.31. The lowest BCUT2D eigenvalue weighted by molar-refractivity contribution is -0.139. The Morgan fingerprint density at radius 2 is 1.62 bits per heavy atom. The van der Waals surface area contributed by atoms with Crippen LogP contribution in [0.3, 0.4) is 0 Å². The number of hydrogen-bond acceptors (Lipinski definition) is 5. The molecular weight excluding hydrogens is 400 g/mol. The first-order valence-corrected chi connectivity index (χ1v) is 10.9. The second-order valence-electron chi connectivity index (χ2n) is 7.86. The molecule has 0 aliphatic carbocycles. The topological polar surface area (TPSA) is 62.6 Å². The van der Waals surface area contributed by atoms with Crippen molar-refractivity contribution in [2.75, 3.05) is 32.2 Å². The maximum Gasteiger partial charge on any atom is 0.333 e. The van der Waals surface area contributed by atoms with Crippen LogP contribution in [0.2, 0.25) is 0 Å². The Labute approximate surface area is 191 Å². The molecule has 0 N–H and O–H groups in total. The van der Waals surface area contributed by atoms with E-state index < -0.39 is 0 Å². The third-order valence-corrected chi connectivity index (χ3v) is 4.90. The van der Waals surface area contributed by atoms with Gasteiger partial charge in [-0.3, -0.25) is 0 Å². The minimum Gasteiger partial charge on any atom is -0.494 e. The number of ether oxygens (including phenoxy) is 2. The molecule has 2 aromatic carbocycles. The Balaban J connectivity index is 1.76. The Kier molecular flexibility index (Phi) is 10.1. The van der Waals surface area contributed by atoms with Crippen molar-refractivity contribution in [1.82, 2.24) is 0 Å². The molecule has 0 fully saturated rings. The van der Waals surface area contributed by atoms with Crippen molar-refractivity contribution >= 4 is 23.3 Å². The molecule has 0 spiro atoms. The van der Waals surface area contributed by atoms with Crippen molar-refractivity contribution in [1.29, 1.82) is 5.26 Å². The Morgan fingerprint density at radius 1 is 1.00 bits per heavy atom. The predicted molar refractivity (Wildman–Crippen MR) is 130 cm³/mol. The van der Waals surface area contributed by atoms with Crippen LogP contribution in [0.1, 0.15) is 43.7 Å². The summed E-state index contributed by atoms with van der Waals surface area (Å²) in [5.41, 5.74) is 4.01. The van der Waals surface area contributed by atoms with Crippen LogP contribution in [0.25, 0.3) is 11.6 Å². The van der Waals surface area contributed by atoms with E-state index in [-0.39, 0.29) is 5.97 Å². The van der Waals surface area contributed by atoms with Crippen molar-refractivity contribution < 1.29 is 14.3 Å². The van der Waals surface area contributed by atoms with Gasteiger partial charge >= 0.3 is 5.97 Å². The average molecular weight is 433 g/mol. The fourth-order valence-electron chi connectivity index (χ4n) is 2.98. The molecule has 0 amide bonds. The van der Waals surface area contributed by atoms with Gasteiger partial charge in [0.15, 0.2) is 0 Å². The van der Waals surface area contributed by atoms with Gasteiger partial charge in [-0.15, -0.1) is 0 Å². The summed E-state index contributed by atoms with van der Waals surface area (Å²) in [4.78, 5) is 13.3. The van der Waals surface area contributed by atoms with E-state index in [0.29, 0.717) is 24.4 Å². The number of allylic oxidation sites excluding steroid dienone is 1. The number of unbranched alkanes of at least 4 members (excludes halogenated alkanes) is 3. The minimum atomic E-state index is -0.326. The maximum absolute atomic E-state index is 11.3. The van der Waals surface area contributed by atoms with Crippen LogP contribution in [0.15, 0.2) is 60.7 Å². The first-order valence-electron chi connectivity index (χ1n) is 10.9. The van der Waals surface area contributed by atoms with Gasteiger partial charge in [0, 0.05) is 25.4 Å². The monoisotopic (exact) mass is 432 g/mol. The second-order valence-corrected chi connectivity index (χ2v) is 7.86. The van der Waals surface area contributed by atoms with Crippen LogP contribution in [0, 0.1) is 11.3 Å². The third-order valence-electron chi connectivity index (χ3n) is 4.90. The van der Waals surface area contributed by atoms with Gasteiger partial charge in [-0.05, 0) is 86.2 Å². The summed E-state index contributed by atoms with van der Waals surface area (Å²) >= 11 is 0. The molecule has 0 saturated carbocycles. The molecule has 0 unspecified atom stereocenters. The molecule has 0 bridgehead atoms. The Morgan fingerprint density at radius 3 is 2.19 bits per heavy atom. The van der Waals surface area contributed by atoms with E-state index in [2.05, 4.69) is 12.6 Å². The number of nitrogens with zero attached hydrogens (tertiary/aromatic N) is 2. The molecule has 0 radical (unpaired) electrons. The van der Waals surface area contributed by atoms with Gasteiger partial charge in [0.1, 0.15) is 5.75 Å². The predicted octanol–water partition coefficient (Wildman–Crippen LogP) is 5.88. The fourth-order valence-corrected chi connectivity index (χ4v) is 2.98. The molecule has 0 atom stereocenters. The smallest absolute Gasteiger partial charge is 0.333 e. The summed E-state index contributed by atoms with van der Waals surface area (Å²) in [5, 5.41) is 9.58. The molecule has 168 valence electrons. The van der Waals surface area contributed by atoms with Gasteiger partial charge < -0.3 is 14.4 Å². The van der Waals surface area contributed by atoms with E-state index in [4.69, 9.17) is 9.47 Å². The molecule has 0 aromatic heterocycles. The number of benzene rings is 2. The highest BCUT2D eigenvalue weighted by Crippen LogP contribution is 2.22. The molecule has 2 rings (SSSR count). The maximum atomic E-state index is 11.3. The van der Waals surface area contributed by atoms with Crippen molar-refractivity contribution in [3.63, 3.8) is 0 Å². The van der Waals surface area contributed by atoms with E-state index in [1.807, 2.05) is 73.6 Å². The summed E-state index contributed by atoms with van der Waals surface area (Å²) in [7, 11) is 4.00. The van der Waals surface area contributed by atoms with Gasteiger partial charge in [0.2, 0.25) is 0 Å². The molecule has 0 aliphatic rings. The molecule has 5 heteroatoms. The van der Waals surface area contributed by atoms with Crippen LogP contribution < -0.4 is 9.64 Å². The number of anilines is 1. The summed E-state index contributed by atoms with van der Waals surface area (Å²) in [5.74, 6) is 0.463. The zero-order valence-corrected chi connectivity index (χ0v) is 19.3. The van der Waals surface area contributed by atoms with Crippen LogP contribution in [-0.2, 0) is 9.53 Å². The van der Waals surface area contributed by atoms with E-state index in [0.717, 1.165) is 48.2 Å². The molecule has 0 aliphatic heterocycles. The van der Waals surface area contributed by atoms with Crippen molar-refractivity contribution in [2.24, 2.45) is 0 Å². The first kappa shape index (κ1) is 24.7. The highest BCUT2D eigenvalue weighted by Gasteiger charge is 2.04. The van der Waals surface area contributed by atoms with E-state index in [1.54, 1.807) is 6.92 Å². The summed E-state index contributed by atoms with van der Waals surface area (Å²) < 4.78 is 10.9. The lowest BCUT2D eigenvalue weighted by Crippen LogP contribution is -2.07. The zero-order valence-electron chi connectivity index (χ0n) is 19.3. The summed E-state index contributed by atoms with van der Waals surface area (Å²) in [6, 6.07) is 18.0. The van der Waals surface area contributed by atoms with Gasteiger partial charge in [-0.25, -0.2) is 4.79 Å².